The van der Waals surface area contributed by atoms with E-state index in [4.69, 9.17) is 23.7 Å². The molecule has 0 saturated heterocycles. The third kappa shape index (κ3) is 5.62. The van der Waals surface area contributed by atoms with E-state index in [0.717, 1.165) is 0 Å². The maximum Gasteiger partial charge on any atom is 0.271 e. The molecule has 0 spiro atoms. The Morgan fingerprint density at radius 3 is 2.52 bits per heavy atom. The first kappa shape index (κ1) is 18.5. The van der Waals surface area contributed by atoms with E-state index >= 15 is 0 Å². The molecule has 0 aliphatic rings. The molecule has 0 bridgehead atoms. The highest BCUT2D eigenvalue weighted by atomic mass is 32.1. The zero-order chi connectivity index (χ0) is 17.6. The van der Waals surface area contributed by atoms with Crippen molar-refractivity contribution in [3.63, 3.8) is 0 Å². The van der Waals surface area contributed by atoms with Crippen molar-refractivity contribution < 1.29 is 9.59 Å². The van der Waals surface area contributed by atoms with E-state index in [0.29, 0.717) is 17.8 Å². The van der Waals surface area contributed by atoms with Crippen molar-refractivity contribution in [1.29, 1.82) is 0 Å². The predicted molar refractivity (Wildman–Crippen MR) is 93.0 cm³/mol. The first-order chi connectivity index (χ1) is 10.7. The van der Waals surface area contributed by atoms with Gasteiger partial charge in [-0.05, 0) is 18.9 Å². The van der Waals surface area contributed by atoms with Gasteiger partial charge in [-0.1, -0.05) is 26.1 Å². The number of carbonyl (C=O) groups is 2. The van der Waals surface area contributed by atoms with Gasteiger partial charge in [0.05, 0.1) is 12.2 Å². The number of primary amides is 1. The molecule has 0 radical (unpaired) electrons. The Morgan fingerprint density at radius 2 is 2.00 bits per heavy atom. The minimum atomic E-state index is -0.751. The average molecular weight is 336 g/mol. The van der Waals surface area contributed by atoms with Gasteiger partial charge in [-0.25, -0.2) is 9.97 Å². The minimum absolute atomic E-state index is 0.0619. The molecule has 0 aromatic carbocycles. The highest BCUT2D eigenvalue weighted by molar-refractivity contribution is 7.81. The van der Waals surface area contributed by atoms with E-state index in [2.05, 4.69) is 20.6 Å². The average Bonchev–Trinajstić information content (AvgIpc) is 2.46. The van der Waals surface area contributed by atoms with Gasteiger partial charge < -0.3 is 26.9 Å². The van der Waals surface area contributed by atoms with Crippen LogP contribution < -0.4 is 22.1 Å². The summed E-state index contributed by atoms with van der Waals surface area (Å²) in [5.74, 6) is -0.226. The molecule has 1 rings (SSSR count). The molecule has 1 unspecified atom stereocenters. The van der Waals surface area contributed by atoms with Gasteiger partial charge in [0.1, 0.15) is 17.1 Å². The molecule has 9 heteroatoms. The van der Waals surface area contributed by atoms with E-state index < -0.39 is 11.9 Å². The summed E-state index contributed by atoms with van der Waals surface area (Å²) in [5, 5.41) is 5.59. The molecule has 1 aromatic rings. The summed E-state index contributed by atoms with van der Waals surface area (Å²) in [6, 6.07) is -0.458. The van der Waals surface area contributed by atoms with Crippen LogP contribution in [0.1, 0.15) is 31.3 Å². The molecular weight excluding hydrogens is 316 g/mol. The van der Waals surface area contributed by atoms with E-state index in [9.17, 15) is 9.59 Å². The number of nitrogens with one attached hydrogen (secondary N) is 2. The largest absolute Gasteiger partial charge is 0.402 e. The topological polar surface area (TPSA) is 136 Å². The Morgan fingerprint density at radius 1 is 1.35 bits per heavy atom. The molecule has 1 heterocycles. The van der Waals surface area contributed by atoms with Crippen LogP contribution in [0.25, 0.3) is 0 Å². The standard InChI is InChI=1S/C14H20N6O2S/c1-7(2)9(15)4-11(23)20-14-12(13(16)22)17-5-10(19-14)18-8(3)6-21/h4-8H,15H2,1-3H3,(H2,16,22)(H2,18,19,20,23). The van der Waals surface area contributed by atoms with Crippen LogP contribution in [0.15, 0.2) is 18.0 Å². The molecule has 0 aliphatic carbocycles. The Labute approximate surface area is 139 Å². The van der Waals surface area contributed by atoms with Crippen molar-refractivity contribution in [2.75, 3.05) is 10.6 Å². The van der Waals surface area contributed by atoms with Crippen molar-refractivity contribution in [1.82, 2.24) is 9.97 Å². The minimum Gasteiger partial charge on any atom is -0.402 e. The van der Waals surface area contributed by atoms with Crippen LogP contribution in [0.3, 0.4) is 0 Å². The van der Waals surface area contributed by atoms with Crippen LogP contribution in [0.4, 0.5) is 11.6 Å². The van der Waals surface area contributed by atoms with Crippen LogP contribution in [-0.2, 0) is 4.79 Å². The number of carbonyl (C=O) groups excluding carboxylic acids is 2. The van der Waals surface area contributed by atoms with Gasteiger partial charge in [-0.15, -0.1) is 0 Å². The van der Waals surface area contributed by atoms with Crippen LogP contribution >= 0.6 is 12.2 Å². The fourth-order valence-corrected chi connectivity index (χ4v) is 1.70. The first-order valence-corrected chi connectivity index (χ1v) is 7.32. The maximum atomic E-state index is 11.4. The lowest BCUT2D eigenvalue weighted by Crippen LogP contribution is -2.22. The van der Waals surface area contributed by atoms with Crippen molar-refractivity contribution in [2.45, 2.75) is 26.8 Å². The van der Waals surface area contributed by atoms with Crippen LogP contribution in [0.2, 0.25) is 0 Å². The second-order valence-corrected chi connectivity index (χ2v) is 5.61. The number of allylic oxidation sites excluding steroid dienone is 1. The van der Waals surface area contributed by atoms with Gasteiger partial charge in [-0.3, -0.25) is 4.79 Å². The van der Waals surface area contributed by atoms with Gasteiger partial charge in [0, 0.05) is 5.70 Å². The van der Waals surface area contributed by atoms with Gasteiger partial charge in [0.25, 0.3) is 5.91 Å². The number of aldehydes is 1. The molecule has 1 amide bonds. The Hall–Kier alpha value is -2.55. The third-order valence-electron chi connectivity index (χ3n) is 2.79. The molecule has 6 N–H and O–H groups in total. The molecule has 8 nitrogen and oxygen atoms in total. The van der Waals surface area contributed by atoms with Crippen LogP contribution in [0.5, 0.6) is 0 Å². The van der Waals surface area contributed by atoms with Gasteiger partial charge in [0.2, 0.25) is 0 Å². The number of hydrogen-bond acceptors (Lipinski definition) is 7. The molecule has 1 atom stereocenters. The Balaban J connectivity index is 3.08. The summed E-state index contributed by atoms with van der Waals surface area (Å²) in [5.41, 5.74) is 11.6. The first-order valence-electron chi connectivity index (χ1n) is 6.91. The summed E-state index contributed by atoms with van der Waals surface area (Å²) < 4.78 is 0. The summed E-state index contributed by atoms with van der Waals surface area (Å²) >= 11 is 5.17. The van der Waals surface area contributed by atoms with Gasteiger partial charge >= 0.3 is 0 Å². The molecule has 1 aromatic heterocycles. The Kier molecular flexibility index (Phi) is 6.58. The summed E-state index contributed by atoms with van der Waals surface area (Å²) in [7, 11) is 0. The summed E-state index contributed by atoms with van der Waals surface area (Å²) in [6.07, 6.45) is 3.60. The maximum absolute atomic E-state index is 11.4. The Bertz CT molecular complexity index is 644. The van der Waals surface area contributed by atoms with Crippen molar-refractivity contribution in [2.24, 2.45) is 17.4 Å². The smallest absolute Gasteiger partial charge is 0.271 e. The molecule has 23 heavy (non-hydrogen) atoms. The van der Waals surface area contributed by atoms with E-state index in [1.54, 1.807) is 13.0 Å². The molecule has 0 aliphatic heterocycles. The lowest BCUT2D eigenvalue weighted by molar-refractivity contribution is -0.108. The zero-order valence-corrected chi connectivity index (χ0v) is 14.0. The second kappa shape index (κ2) is 8.18. The number of anilines is 2. The van der Waals surface area contributed by atoms with Crippen molar-refractivity contribution in [3.8, 4) is 0 Å². The lowest BCUT2D eigenvalue weighted by atomic mass is 10.1. The van der Waals surface area contributed by atoms with Crippen molar-refractivity contribution in [3.05, 3.63) is 23.7 Å². The number of rotatable bonds is 7. The summed E-state index contributed by atoms with van der Waals surface area (Å²) in [6.45, 7) is 5.50. The SMILES string of the molecule is CC(C=O)Nc1cnc(C(N)=O)c(NC(=S)C=C(N)C(C)C)n1. The molecule has 0 fully saturated rings. The summed E-state index contributed by atoms with van der Waals surface area (Å²) in [4.78, 5) is 30.5. The molecule has 124 valence electrons. The van der Waals surface area contributed by atoms with Gasteiger partial charge in [-0.2, -0.15) is 0 Å². The fourth-order valence-electron chi connectivity index (χ4n) is 1.46. The van der Waals surface area contributed by atoms with E-state index in [-0.39, 0.29) is 22.4 Å². The molecule has 0 saturated carbocycles. The monoisotopic (exact) mass is 336 g/mol. The molecular formula is C14H20N6O2S. The van der Waals surface area contributed by atoms with Crippen LogP contribution in [-0.4, -0.2) is 33.2 Å². The van der Waals surface area contributed by atoms with Gasteiger partial charge in [0.15, 0.2) is 11.5 Å². The number of hydrogen-bond donors (Lipinski definition) is 4. The third-order valence-corrected chi connectivity index (χ3v) is 3.01. The van der Waals surface area contributed by atoms with Crippen molar-refractivity contribution >= 4 is 41.0 Å². The quantitative estimate of drug-likeness (QED) is 0.326. The fraction of sp³-hybridized carbons (Fsp3) is 0.357. The zero-order valence-electron chi connectivity index (χ0n) is 13.2. The van der Waals surface area contributed by atoms with Crippen LogP contribution in [0, 0.1) is 5.92 Å². The number of nitrogens with zero attached hydrogens (tertiary/aromatic N) is 2. The number of thiocarbonyl (C=S) groups is 1. The highest BCUT2D eigenvalue weighted by Crippen LogP contribution is 2.14. The van der Waals surface area contributed by atoms with E-state index in [1.807, 2.05) is 13.8 Å². The second-order valence-electron chi connectivity index (χ2n) is 5.17. The normalized spacial score (nSPS) is 12.6. The lowest BCUT2D eigenvalue weighted by Gasteiger charge is -2.12. The highest BCUT2D eigenvalue weighted by Gasteiger charge is 2.14. The predicted octanol–water partition coefficient (Wildman–Crippen LogP) is 0.813. The number of nitrogens with two attached hydrogens (primary N) is 2. The number of amides is 1. The number of aromatic nitrogens is 2. The van der Waals surface area contributed by atoms with E-state index in [1.165, 1.54) is 6.20 Å².